The fourth-order valence-electron chi connectivity index (χ4n) is 1.59. The van der Waals surface area contributed by atoms with E-state index in [0.29, 0.717) is 4.52 Å². The largest absolute Gasteiger partial charge is 0.543 e. The Morgan fingerprint density at radius 2 is 2.00 bits per heavy atom. The van der Waals surface area contributed by atoms with Crippen LogP contribution in [0.15, 0.2) is 12.1 Å². The molecule has 8 heteroatoms. The summed E-state index contributed by atoms with van der Waals surface area (Å²) in [5.41, 5.74) is -1.60. The number of carboxylic acid groups (broad SMARTS) is 1. The van der Waals surface area contributed by atoms with Crippen LogP contribution >= 0.6 is 0 Å². The molecule has 0 aliphatic heterocycles. The molecule has 0 saturated heterocycles. The average Bonchev–Trinajstić information content (AvgIpc) is 2.69. The molecule has 0 unspecified atom stereocenters. The smallest absolute Gasteiger partial charge is 0.433 e. The number of fused-ring (bicyclic) bond motifs is 1. The number of hydrogen-bond donors (Lipinski definition) is 0. The molecule has 0 atom stereocenters. The summed E-state index contributed by atoms with van der Waals surface area (Å²) in [5, 5.41) is 14.0. The van der Waals surface area contributed by atoms with E-state index in [2.05, 4.69) is 10.1 Å². The molecule has 0 radical (unpaired) electrons. The fraction of sp³-hybridized carbons (Fsp3) is 0.364. The lowest BCUT2D eigenvalue weighted by Gasteiger charge is -2.12. The standard InChI is InChI=1S/C11H10F3N3O2/c1-5(2)6-3-8(11(12,13)14)17-9(15-6)4-7(16-17)10(18)19/h3-5H,1-2H3,(H,18,19)/p-1. The number of rotatable bonds is 2. The lowest BCUT2D eigenvalue weighted by atomic mass is 10.1. The van der Waals surface area contributed by atoms with E-state index in [-0.39, 0.29) is 17.3 Å². The topological polar surface area (TPSA) is 70.3 Å². The highest BCUT2D eigenvalue weighted by atomic mass is 19.4. The van der Waals surface area contributed by atoms with Gasteiger partial charge in [-0.25, -0.2) is 9.50 Å². The van der Waals surface area contributed by atoms with Gasteiger partial charge in [0.2, 0.25) is 0 Å². The van der Waals surface area contributed by atoms with Crippen molar-refractivity contribution in [2.75, 3.05) is 0 Å². The summed E-state index contributed by atoms with van der Waals surface area (Å²) in [6.07, 6.45) is -4.65. The maximum atomic E-state index is 12.9. The van der Waals surface area contributed by atoms with Gasteiger partial charge in [-0.1, -0.05) is 13.8 Å². The van der Waals surface area contributed by atoms with Gasteiger partial charge >= 0.3 is 6.18 Å². The van der Waals surface area contributed by atoms with E-state index in [4.69, 9.17) is 0 Å². The van der Waals surface area contributed by atoms with E-state index in [1.807, 2.05) is 0 Å². The maximum absolute atomic E-state index is 12.9. The molecule has 0 amide bonds. The predicted molar refractivity (Wildman–Crippen MR) is 56.4 cm³/mol. The third-order valence-corrected chi connectivity index (χ3v) is 2.54. The molecule has 2 rings (SSSR count). The van der Waals surface area contributed by atoms with Crippen molar-refractivity contribution in [2.24, 2.45) is 0 Å². The van der Waals surface area contributed by atoms with Crippen molar-refractivity contribution in [3.8, 4) is 0 Å². The Bertz CT molecular complexity index is 646. The first-order valence-electron chi connectivity index (χ1n) is 5.39. The van der Waals surface area contributed by atoms with Crippen LogP contribution in [0.4, 0.5) is 13.2 Å². The van der Waals surface area contributed by atoms with Crippen molar-refractivity contribution in [1.82, 2.24) is 14.6 Å². The molecule has 102 valence electrons. The fourth-order valence-corrected chi connectivity index (χ4v) is 1.59. The first kappa shape index (κ1) is 13.3. The third-order valence-electron chi connectivity index (χ3n) is 2.54. The second-order valence-corrected chi connectivity index (χ2v) is 4.31. The van der Waals surface area contributed by atoms with Crippen LogP contribution < -0.4 is 5.11 Å². The molecule has 0 spiro atoms. The number of carbonyl (C=O) groups is 1. The first-order valence-corrected chi connectivity index (χ1v) is 5.39. The molecule has 0 aliphatic carbocycles. The minimum absolute atomic E-state index is 0.169. The maximum Gasteiger partial charge on any atom is 0.433 e. The van der Waals surface area contributed by atoms with Crippen molar-refractivity contribution in [2.45, 2.75) is 25.9 Å². The summed E-state index contributed by atoms with van der Waals surface area (Å²) >= 11 is 0. The number of alkyl halides is 3. The van der Waals surface area contributed by atoms with Gasteiger partial charge in [-0.2, -0.15) is 18.3 Å². The summed E-state index contributed by atoms with van der Waals surface area (Å²) in [5.74, 6) is -1.88. The number of halogens is 3. The van der Waals surface area contributed by atoms with Gasteiger partial charge in [0, 0.05) is 11.8 Å². The highest BCUT2D eigenvalue weighted by molar-refractivity contribution is 5.84. The molecule has 19 heavy (non-hydrogen) atoms. The molecule has 5 nitrogen and oxygen atoms in total. The molecular formula is C11H9F3N3O2-. The van der Waals surface area contributed by atoms with E-state index in [1.54, 1.807) is 13.8 Å². The van der Waals surface area contributed by atoms with Crippen LogP contribution in [0.5, 0.6) is 0 Å². The second-order valence-electron chi connectivity index (χ2n) is 4.31. The Labute approximate surface area is 105 Å². The normalized spacial score (nSPS) is 12.3. The minimum atomic E-state index is -4.65. The third kappa shape index (κ3) is 2.38. The van der Waals surface area contributed by atoms with Crippen molar-refractivity contribution >= 4 is 11.6 Å². The van der Waals surface area contributed by atoms with Gasteiger partial charge < -0.3 is 9.90 Å². The summed E-state index contributed by atoms with van der Waals surface area (Å²) in [6.45, 7) is 3.38. The summed E-state index contributed by atoms with van der Waals surface area (Å²) in [7, 11) is 0. The highest BCUT2D eigenvalue weighted by Gasteiger charge is 2.35. The molecule has 2 aromatic heterocycles. The zero-order valence-electron chi connectivity index (χ0n) is 10.0. The van der Waals surface area contributed by atoms with Crippen molar-refractivity contribution in [3.63, 3.8) is 0 Å². The summed E-state index contributed by atoms with van der Waals surface area (Å²) in [6, 6.07) is 1.82. The Hall–Kier alpha value is -2.12. The van der Waals surface area contributed by atoms with Gasteiger partial charge in [0.05, 0.1) is 5.97 Å². The van der Waals surface area contributed by atoms with E-state index in [1.165, 1.54) is 0 Å². The van der Waals surface area contributed by atoms with E-state index < -0.39 is 23.5 Å². The molecule has 0 saturated carbocycles. The molecule has 2 heterocycles. The quantitative estimate of drug-likeness (QED) is 0.824. The van der Waals surface area contributed by atoms with Crippen LogP contribution in [0.3, 0.4) is 0 Å². The Balaban J connectivity index is 2.79. The monoisotopic (exact) mass is 272 g/mol. The minimum Gasteiger partial charge on any atom is -0.543 e. The highest BCUT2D eigenvalue weighted by Crippen LogP contribution is 2.31. The summed E-state index contributed by atoms with van der Waals surface area (Å²) < 4.78 is 39.2. The number of hydrogen-bond acceptors (Lipinski definition) is 4. The number of carbonyl (C=O) groups excluding carboxylic acids is 1. The number of carboxylic acids is 1. The lowest BCUT2D eigenvalue weighted by molar-refractivity contribution is -0.255. The molecule has 2 aromatic rings. The molecule has 0 aliphatic rings. The van der Waals surface area contributed by atoms with Gasteiger partial charge in [0.15, 0.2) is 5.65 Å². The molecule has 0 fully saturated rings. The van der Waals surface area contributed by atoms with Crippen molar-refractivity contribution in [1.29, 1.82) is 0 Å². The van der Waals surface area contributed by atoms with Gasteiger partial charge in [-0.3, -0.25) is 0 Å². The van der Waals surface area contributed by atoms with Crippen LogP contribution in [-0.2, 0) is 6.18 Å². The Kier molecular flexibility index (Phi) is 2.95. The molecule has 0 bridgehead atoms. The van der Waals surface area contributed by atoms with E-state index >= 15 is 0 Å². The van der Waals surface area contributed by atoms with Crippen molar-refractivity contribution in [3.05, 3.63) is 29.2 Å². The summed E-state index contributed by atoms with van der Waals surface area (Å²) in [4.78, 5) is 14.6. The molecule has 0 N–H and O–H groups in total. The van der Waals surface area contributed by atoms with Gasteiger partial charge in [-0.05, 0) is 12.0 Å². The van der Waals surface area contributed by atoms with Crippen LogP contribution in [0.2, 0.25) is 0 Å². The van der Waals surface area contributed by atoms with E-state index in [9.17, 15) is 23.1 Å². The Morgan fingerprint density at radius 3 is 2.47 bits per heavy atom. The van der Waals surface area contributed by atoms with Crippen LogP contribution in [-0.4, -0.2) is 20.6 Å². The van der Waals surface area contributed by atoms with Crippen LogP contribution in [0, 0.1) is 0 Å². The lowest BCUT2D eigenvalue weighted by Crippen LogP contribution is -2.23. The predicted octanol–water partition coefficient (Wildman–Crippen LogP) is 1.23. The van der Waals surface area contributed by atoms with Crippen molar-refractivity contribution < 1.29 is 23.1 Å². The molecular weight excluding hydrogens is 263 g/mol. The zero-order valence-corrected chi connectivity index (χ0v) is 10.0. The average molecular weight is 272 g/mol. The zero-order chi connectivity index (χ0) is 14.4. The molecule has 0 aromatic carbocycles. The van der Waals surface area contributed by atoms with Crippen LogP contribution in [0.25, 0.3) is 5.65 Å². The number of aromatic nitrogens is 3. The van der Waals surface area contributed by atoms with Gasteiger partial charge in [-0.15, -0.1) is 0 Å². The SMILES string of the molecule is CC(C)c1cc(C(F)(F)F)n2nc(C(=O)[O-])cc2n1. The van der Waals surface area contributed by atoms with Gasteiger partial charge in [0.1, 0.15) is 11.4 Å². The Morgan fingerprint density at radius 1 is 1.37 bits per heavy atom. The van der Waals surface area contributed by atoms with Gasteiger partial charge in [0.25, 0.3) is 0 Å². The number of aromatic carboxylic acids is 1. The number of nitrogens with zero attached hydrogens (tertiary/aromatic N) is 3. The van der Waals surface area contributed by atoms with Crippen LogP contribution in [0.1, 0.15) is 41.6 Å². The first-order chi connectivity index (χ1) is 8.70. The second kappa shape index (κ2) is 4.22. The van der Waals surface area contributed by atoms with E-state index in [0.717, 1.165) is 12.1 Å².